The number of carbonyl (C=O) groups excluding carboxylic acids is 2. The van der Waals surface area contributed by atoms with Gasteiger partial charge in [0.1, 0.15) is 12.3 Å². The summed E-state index contributed by atoms with van der Waals surface area (Å²) in [4.78, 5) is 56.3. The minimum Gasteiger partial charge on any atom is -0.457 e. The Hall–Kier alpha value is -5.43. The van der Waals surface area contributed by atoms with Gasteiger partial charge in [-0.2, -0.15) is 5.26 Å². The van der Waals surface area contributed by atoms with Crippen LogP contribution in [0.1, 0.15) is 33.5 Å². The number of nitrogens with zero attached hydrogens (tertiary/aromatic N) is 4. The molecule has 40 heavy (non-hydrogen) atoms. The van der Waals surface area contributed by atoms with Crippen LogP contribution in [0.25, 0.3) is 22.3 Å². The number of para-hydroxylation sites is 1. The predicted octanol–water partition coefficient (Wildman–Crippen LogP) is 4.65. The number of nitriles is 1. The molecule has 0 saturated heterocycles. The van der Waals surface area contributed by atoms with Crippen LogP contribution in [0.15, 0.2) is 83.3 Å². The van der Waals surface area contributed by atoms with Gasteiger partial charge in [-0.05, 0) is 47.6 Å². The topological polar surface area (TPSA) is 141 Å². The number of allylic oxidation sites excluding steroid dienone is 1. The van der Waals surface area contributed by atoms with Crippen molar-refractivity contribution < 1.29 is 19.1 Å². The molecule has 10 nitrogen and oxygen atoms in total. The Labute approximate surface area is 227 Å². The van der Waals surface area contributed by atoms with Gasteiger partial charge in [-0.15, -0.1) is 11.5 Å². The SMILES string of the molecule is C=CC(C#N)C[C@@]1(OC(=O)c2ccc(N=O)cc2)C(=O)OCc2c1cc1n(c2=O)Cc2cc3ccccc3nc2-1. The molecule has 2 aliphatic rings. The van der Waals surface area contributed by atoms with E-state index in [2.05, 4.69) is 11.8 Å². The molecule has 10 heteroatoms. The van der Waals surface area contributed by atoms with Crippen molar-refractivity contribution in [3.63, 3.8) is 0 Å². The molecular weight excluding hydrogens is 512 g/mol. The van der Waals surface area contributed by atoms with Crippen LogP contribution < -0.4 is 5.56 Å². The summed E-state index contributed by atoms with van der Waals surface area (Å²) in [5.74, 6) is -2.73. The highest BCUT2D eigenvalue weighted by Gasteiger charge is 2.52. The molecule has 4 heterocycles. The number of nitroso groups, excluding NO2 is 1. The highest BCUT2D eigenvalue weighted by atomic mass is 16.6. The number of benzene rings is 2. The molecule has 196 valence electrons. The Balaban J connectivity index is 1.55. The van der Waals surface area contributed by atoms with Crippen LogP contribution in [0.3, 0.4) is 0 Å². The molecule has 6 rings (SSSR count). The second-order valence-electron chi connectivity index (χ2n) is 9.61. The van der Waals surface area contributed by atoms with E-state index in [1.54, 1.807) is 10.6 Å². The molecule has 0 amide bonds. The van der Waals surface area contributed by atoms with Crippen molar-refractivity contribution in [2.75, 3.05) is 0 Å². The summed E-state index contributed by atoms with van der Waals surface area (Å²) in [6.45, 7) is 3.63. The fraction of sp³-hybridized carbons (Fsp3) is 0.167. The van der Waals surface area contributed by atoms with Crippen LogP contribution in [-0.2, 0) is 33.0 Å². The van der Waals surface area contributed by atoms with Gasteiger partial charge in [-0.25, -0.2) is 14.6 Å². The van der Waals surface area contributed by atoms with Gasteiger partial charge in [0.05, 0.1) is 46.6 Å². The maximum absolute atomic E-state index is 13.8. The second-order valence-corrected chi connectivity index (χ2v) is 9.61. The number of esters is 2. The zero-order valence-corrected chi connectivity index (χ0v) is 21.0. The van der Waals surface area contributed by atoms with Crippen molar-refractivity contribution in [2.24, 2.45) is 11.1 Å². The first-order valence-corrected chi connectivity index (χ1v) is 12.4. The van der Waals surface area contributed by atoms with E-state index in [9.17, 15) is 24.6 Å². The number of aromatic nitrogens is 2. The minimum absolute atomic E-state index is 0.0372. The van der Waals surface area contributed by atoms with Crippen LogP contribution in [0.5, 0.6) is 0 Å². The summed E-state index contributed by atoms with van der Waals surface area (Å²) in [6, 6.07) is 18.6. The molecule has 0 fully saturated rings. The van der Waals surface area contributed by atoms with Gasteiger partial charge in [0, 0.05) is 22.9 Å². The van der Waals surface area contributed by atoms with E-state index in [4.69, 9.17) is 14.5 Å². The summed E-state index contributed by atoms with van der Waals surface area (Å²) in [5.41, 5.74) is 0.523. The highest BCUT2D eigenvalue weighted by molar-refractivity contribution is 5.94. The first kappa shape index (κ1) is 24.9. The van der Waals surface area contributed by atoms with Crippen LogP contribution in [0.4, 0.5) is 5.69 Å². The average Bonchev–Trinajstić information content (AvgIpc) is 3.34. The number of hydrogen-bond donors (Lipinski definition) is 0. The Morgan fingerprint density at radius 1 is 1.23 bits per heavy atom. The Kier molecular flexibility index (Phi) is 5.84. The van der Waals surface area contributed by atoms with Crippen molar-refractivity contribution in [3.8, 4) is 17.5 Å². The zero-order chi connectivity index (χ0) is 28.0. The molecule has 0 radical (unpaired) electrons. The first-order chi connectivity index (χ1) is 19.4. The molecular formula is C30H20N4O6. The number of pyridine rings is 2. The fourth-order valence-corrected chi connectivity index (χ4v) is 5.28. The Morgan fingerprint density at radius 3 is 2.73 bits per heavy atom. The summed E-state index contributed by atoms with van der Waals surface area (Å²) < 4.78 is 12.9. The van der Waals surface area contributed by atoms with Crippen molar-refractivity contribution in [2.45, 2.75) is 25.2 Å². The van der Waals surface area contributed by atoms with Crippen LogP contribution in [0.2, 0.25) is 0 Å². The lowest BCUT2D eigenvalue weighted by Gasteiger charge is -2.37. The van der Waals surface area contributed by atoms with Crippen LogP contribution in [0, 0.1) is 22.2 Å². The number of ether oxygens (including phenoxy) is 2. The number of fused-ring (bicyclic) bond motifs is 5. The van der Waals surface area contributed by atoms with Gasteiger partial charge in [0.15, 0.2) is 0 Å². The maximum Gasteiger partial charge on any atom is 0.355 e. The molecule has 4 aromatic rings. The summed E-state index contributed by atoms with van der Waals surface area (Å²) in [7, 11) is 0. The lowest BCUT2D eigenvalue weighted by Crippen LogP contribution is -2.48. The van der Waals surface area contributed by atoms with Crippen molar-refractivity contribution >= 4 is 28.5 Å². The van der Waals surface area contributed by atoms with Gasteiger partial charge in [-0.3, -0.25) is 4.79 Å². The number of carbonyl (C=O) groups is 2. The Bertz CT molecular complexity index is 1850. The third kappa shape index (κ3) is 3.79. The second kappa shape index (κ2) is 9.39. The van der Waals surface area contributed by atoms with Gasteiger partial charge in [0.25, 0.3) is 5.56 Å². The van der Waals surface area contributed by atoms with Gasteiger partial charge in [-0.1, -0.05) is 24.3 Å². The molecule has 0 spiro atoms. The summed E-state index contributed by atoms with van der Waals surface area (Å²) in [6.07, 6.45) is 1.02. The summed E-state index contributed by atoms with van der Waals surface area (Å²) in [5, 5.41) is 13.5. The van der Waals surface area contributed by atoms with E-state index in [-0.39, 0.29) is 42.0 Å². The van der Waals surface area contributed by atoms with Gasteiger partial charge in [0.2, 0.25) is 5.60 Å². The molecule has 2 aliphatic heterocycles. The van der Waals surface area contributed by atoms with E-state index >= 15 is 0 Å². The van der Waals surface area contributed by atoms with E-state index in [0.717, 1.165) is 16.5 Å². The lowest BCUT2D eigenvalue weighted by molar-refractivity contribution is -0.174. The first-order valence-electron chi connectivity index (χ1n) is 12.4. The normalized spacial score (nSPS) is 17.5. The molecule has 1 unspecified atom stereocenters. The van der Waals surface area contributed by atoms with Crippen molar-refractivity contribution in [1.29, 1.82) is 5.26 Å². The molecule has 0 bridgehead atoms. The monoisotopic (exact) mass is 532 g/mol. The lowest BCUT2D eigenvalue weighted by atomic mass is 9.80. The third-order valence-corrected chi connectivity index (χ3v) is 7.32. The van der Waals surface area contributed by atoms with Crippen molar-refractivity contribution in [3.05, 3.63) is 111 Å². The van der Waals surface area contributed by atoms with Gasteiger partial charge >= 0.3 is 11.9 Å². The average molecular weight is 533 g/mol. The molecule has 2 aromatic heterocycles. The minimum atomic E-state index is -2.12. The van der Waals surface area contributed by atoms with Crippen molar-refractivity contribution in [1.82, 2.24) is 9.55 Å². The number of cyclic esters (lactones) is 1. The molecule has 0 saturated carbocycles. The van der Waals surface area contributed by atoms with E-state index in [1.807, 2.05) is 36.4 Å². The standard InChI is InChI=1S/C30H20N4O6/c1-2-17(14-31)13-30(40-28(36)18-7-9-21(33-38)10-8-18)23-12-25-26-20(11-19-5-3-4-6-24(19)32-26)15-34(25)27(35)22(23)16-39-29(30)37/h2-12,17H,1,13,15-16H2/t17?,30-/m0/s1. The molecule has 0 N–H and O–H groups in total. The molecule has 2 aromatic carbocycles. The maximum atomic E-state index is 13.8. The Morgan fingerprint density at radius 2 is 2.00 bits per heavy atom. The highest BCUT2D eigenvalue weighted by Crippen LogP contribution is 2.43. The molecule has 0 aliphatic carbocycles. The van der Waals surface area contributed by atoms with E-state index in [0.29, 0.717) is 11.4 Å². The van der Waals surface area contributed by atoms with Crippen LogP contribution >= 0.6 is 0 Å². The fourth-order valence-electron chi connectivity index (χ4n) is 5.28. The largest absolute Gasteiger partial charge is 0.457 e. The smallest absolute Gasteiger partial charge is 0.355 e. The van der Waals surface area contributed by atoms with Crippen LogP contribution in [-0.4, -0.2) is 21.5 Å². The summed E-state index contributed by atoms with van der Waals surface area (Å²) >= 11 is 0. The number of rotatable bonds is 6. The van der Waals surface area contributed by atoms with E-state index < -0.39 is 29.0 Å². The molecule has 2 atom stereocenters. The predicted molar refractivity (Wildman–Crippen MR) is 143 cm³/mol. The third-order valence-electron chi connectivity index (χ3n) is 7.32. The van der Waals surface area contributed by atoms with Gasteiger partial charge < -0.3 is 14.0 Å². The van der Waals surface area contributed by atoms with E-state index in [1.165, 1.54) is 30.3 Å². The number of hydrogen-bond acceptors (Lipinski definition) is 9. The quantitative estimate of drug-likeness (QED) is 0.175. The zero-order valence-electron chi connectivity index (χ0n) is 21.0.